The normalized spacial score (nSPS) is 16.7. The summed E-state index contributed by atoms with van der Waals surface area (Å²) in [7, 11) is 0. The van der Waals surface area contributed by atoms with Crippen LogP contribution in [0.15, 0.2) is 47.3 Å². The molecule has 10 heteroatoms. The fourth-order valence-electron chi connectivity index (χ4n) is 4.99. The van der Waals surface area contributed by atoms with Crippen molar-refractivity contribution in [1.29, 1.82) is 0 Å². The number of aromatic nitrogens is 2. The maximum Gasteiger partial charge on any atom is 0.255 e. The zero-order chi connectivity index (χ0) is 26.8. The maximum absolute atomic E-state index is 12.9. The number of benzene rings is 2. The first-order valence-electron chi connectivity index (χ1n) is 12.9. The molecule has 0 spiro atoms. The molecule has 0 aliphatic carbocycles. The van der Waals surface area contributed by atoms with E-state index in [1.165, 1.54) is 16.8 Å². The van der Waals surface area contributed by atoms with E-state index in [-0.39, 0.29) is 11.5 Å². The van der Waals surface area contributed by atoms with Gasteiger partial charge in [0.2, 0.25) is 5.95 Å². The van der Waals surface area contributed by atoms with Crippen LogP contribution in [0.5, 0.6) is 0 Å². The molecule has 0 atom stereocenters. The van der Waals surface area contributed by atoms with Gasteiger partial charge in [0.25, 0.3) is 11.5 Å². The van der Waals surface area contributed by atoms with Crippen molar-refractivity contribution in [2.75, 3.05) is 62.2 Å². The van der Waals surface area contributed by atoms with Crippen LogP contribution < -0.4 is 15.4 Å². The Kier molecular flexibility index (Phi) is 7.93. The van der Waals surface area contributed by atoms with Crippen LogP contribution in [0, 0.1) is 13.8 Å². The van der Waals surface area contributed by atoms with Crippen LogP contribution in [0.4, 0.5) is 11.6 Å². The second kappa shape index (κ2) is 11.4. The number of nitrogens with zero attached hydrogens (tertiary/aromatic N) is 5. The number of piperazine rings is 2. The molecule has 0 radical (unpaired) electrons. The van der Waals surface area contributed by atoms with Gasteiger partial charge in [-0.15, -0.1) is 0 Å². The highest BCUT2D eigenvalue weighted by Crippen LogP contribution is 2.24. The van der Waals surface area contributed by atoms with E-state index in [4.69, 9.17) is 28.2 Å². The van der Waals surface area contributed by atoms with Gasteiger partial charge in [-0.05, 0) is 55.3 Å². The van der Waals surface area contributed by atoms with Gasteiger partial charge in [-0.2, -0.15) is 0 Å². The highest BCUT2D eigenvalue weighted by atomic mass is 35.5. The number of anilines is 2. The number of rotatable bonds is 5. The lowest BCUT2D eigenvalue weighted by atomic mass is 10.1. The summed E-state index contributed by atoms with van der Waals surface area (Å²) in [4.78, 5) is 41.6. The molecule has 1 N–H and O–H groups in total. The molecule has 2 aromatic carbocycles. The minimum absolute atomic E-state index is 0.124. The number of hydrogen-bond acceptors (Lipinski definition) is 6. The van der Waals surface area contributed by atoms with Crippen LogP contribution in [-0.2, 0) is 6.54 Å². The number of amides is 1. The van der Waals surface area contributed by atoms with E-state index >= 15 is 0 Å². The monoisotopic (exact) mass is 554 g/mol. The zero-order valence-electron chi connectivity index (χ0n) is 21.7. The summed E-state index contributed by atoms with van der Waals surface area (Å²) < 4.78 is 0. The van der Waals surface area contributed by atoms with Crippen LogP contribution >= 0.6 is 23.2 Å². The van der Waals surface area contributed by atoms with Crippen molar-refractivity contribution in [3.63, 3.8) is 0 Å². The Morgan fingerprint density at radius 1 is 0.868 bits per heavy atom. The van der Waals surface area contributed by atoms with Gasteiger partial charge in [-0.3, -0.25) is 19.5 Å². The average molecular weight is 556 g/mol. The smallest absolute Gasteiger partial charge is 0.255 e. The van der Waals surface area contributed by atoms with Gasteiger partial charge in [0.1, 0.15) is 0 Å². The summed E-state index contributed by atoms with van der Waals surface area (Å²) in [5.74, 6) is 0.430. The van der Waals surface area contributed by atoms with E-state index in [1.807, 2.05) is 4.90 Å². The Morgan fingerprint density at radius 3 is 2.26 bits per heavy atom. The molecular weight excluding hydrogens is 523 g/mol. The number of carbonyl (C=O) groups excluding carboxylic acids is 1. The van der Waals surface area contributed by atoms with E-state index in [9.17, 15) is 9.59 Å². The summed E-state index contributed by atoms with van der Waals surface area (Å²) in [5.41, 5.74) is 4.92. The first-order valence-corrected chi connectivity index (χ1v) is 13.7. The fourth-order valence-corrected chi connectivity index (χ4v) is 5.48. The van der Waals surface area contributed by atoms with Crippen LogP contribution in [0.3, 0.4) is 0 Å². The molecule has 8 nitrogen and oxygen atoms in total. The predicted octanol–water partition coefficient (Wildman–Crippen LogP) is 3.98. The van der Waals surface area contributed by atoms with E-state index in [1.54, 1.807) is 29.2 Å². The molecule has 38 heavy (non-hydrogen) atoms. The topological polar surface area (TPSA) is 75.8 Å². The average Bonchev–Trinajstić information content (AvgIpc) is 2.90. The summed E-state index contributed by atoms with van der Waals surface area (Å²) >= 11 is 12.2. The summed E-state index contributed by atoms with van der Waals surface area (Å²) in [5, 5.41) is 0.841. The van der Waals surface area contributed by atoms with Crippen LogP contribution in [-0.4, -0.2) is 78.0 Å². The molecule has 200 valence electrons. The standard InChI is InChI=1S/C28H32Cl2N6O2/c1-19-3-5-23(15-20(19)2)34-9-7-33(8-10-34)18-22-17-26(37)32-28(31-22)36-13-11-35(12-14-36)27(38)24-6-4-21(29)16-25(24)30/h3-6,15-17H,7-14,18H2,1-2H3,(H,31,32,37). The molecule has 0 bridgehead atoms. The molecule has 2 fully saturated rings. The molecule has 2 aliphatic rings. The number of aromatic amines is 1. The third kappa shape index (κ3) is 5.98. The van der Waals surface area contributed by atoms with Crippen molar-refractivity contribution in [2.24, 2.45) is 0 Å². The molecular formula is C28H32Cl2N6O2. The number of aryl methyl sites for hydroxylation is 2. The van der Waals surface area contributed by atoms with Gasteiger partial charge in [0.05, 0.1) is 16.3 Å². The predicted molar refractivity (Wildman–Crippen MR) is 153 cm³/mol. The molecule has 2 aliphatic heterocycles. The number of nitrogens with one attached hydrogen (secondary N) is 1. The Bertz CT molecular complexity index is 1380. The van der Waals surface area contributed by atoms with Gasteiger partial charge in [-0.25, -0.2) is 4.98 Å². The molecule has 1 amide bonds. The number of H-pyrrole nitrogens is 1. The van der Waals surface area contributed by atoms with Gasteiger partial charge in [0, 0.05) is 75.7 Å². The van der Waals surface area contributed by atoms with E-state index < -0.39 is 0 Å². The second-order valence-corrected chi connectivity index (χ2v) is 10.8. The Morgan fingerprint density at radius 2 is 1.58 bits per heavy atom. The van der Waals surface area contributed by atoms with E-state index in [2.05, 4.69) is 46.8 Å². The van der Waals surface area contributed by atoms with Crippen LogP contribution in [0.25, 0.3) is 0 Å². The van der Waals surface area contributed by atoms with E-state index in [0.29, 0.717) is 54.3 Å². The molecule has 5 rings (SSSR count). The first-order chi connectivity index (χ1) is 18.3. The molecule has 1 aromatic heterocycles. The quantitative estimate of drug-likeness (QED) is 0.514. The number of carbonyl (C=O) groups is 1. The lowest BCUT2D eigenvalue weighted by Gasteiger charge is -2.36. The molecule has 0 unspecified atom stereocenters. The Hall–Kier alpha value is -3.07. The molecule has 0 saturated carbocycles. The van der Waals surface area contributed by atoms with Crippen molar-refractivity contribution in [3.05, 3.63) is 85.2 Å². The Labute approximate surface area is 232 Å². The summed E-state index contributed by atoms with van der Waals surface area (Å²) in [6, 6.07) is 13.1. The van der Waals surface area contributed by atoms with Crippen LogP contribution in [0.2, 0.25) is 10.0 Å². The lowest BCUT2D eigenvalue weighted by Crippen LogP contribution is -2.49. The van der Waals surface area contributed by atoms with Crippen molar-refractivity contribution in [2.45, 2.75) is 20.4 Å². The highest BCUT2D eigenvalue weighted by Gasteiger charge is 2.25. The van der Waals surface area contributed by atoms with Crippen molar-refractivity contribution < 1.29 is 4.79 Å². The minimum atomic E-state index is -0.162. The van der Waals surface area contributed by atoms with Gasteiger partial charge in [-0.1, -0.05) is 29.3 Å². The van der Waals surface area contributed by atoms with Gasteiger partial charge < -0.3 is 14.7 Å². The third-order valence-electron chi connectivity index (χ3n) is 7.42. The first kappa shape index (κ1) is 26.5. The number of hydrogen-bond donors (Lipinski definition) is 1. The summed E-state index contributed by atoms with van der Waals surface area (Å²) in [6.45, 7) is 10.8. The largest absolute Gasteiger partial charge is 0.369 e. The maximum atomic E-state index is 12.9. The zero-order valence-corrected chi connectivity index (χ0v) is 23.2. The van der Waals surface area contributed by atoms with Crippen molar-refractivity contribution in [1.82, 2.24) is 19.8 Å². The third-order valence-corrected chi connectivity index (χ3v) is 7.97. The van der Waals surface area contributed by atoms with E-state index in [0.717, 1.165) is 31.9 Å². The minimum Gasteiger partial charge on any atom is -0.369 e. The lowest BCUT2D eigenvalue weighted by molar-refractivity contribution is 0.0746. The molecule has 3 heterocycles. The molecule has 3 aromatic rings. The van der Waals surface area contributed by atoms with Gasteiger partial charge in [0.15, 0.2) is 0 Å². The summed E-state index contributed by atoms with van der Waals surface area (Å²) in [6.07, 6.45) is 0. The van der Waals surface area contributed by atoms with Gasteiger partial charge >= 0.3 is 0 Å². The SMILES string of the molecule is Cc1ccc(N2CCN(Cc3cc(=O)[nH]c(N4CCN(C(=O)c5ccc(Cl)cc5Cl)CC4)n3)CC2)cc1C. The van der Waals surface area contributed by atoms with Crippen LogP contribution in [0.1, 0.15) is 27.2 Å². The number of halogens is 2. The Balaban J connectivity index is 1.18. The second-order valence-electron chi connectivity index (χ2n) is 10.00. The van der Waals surface area contributed by atoms with Crippen molar-refractivity contribution >= 4 is 40.7 Å². The molecule has 2 saturated heterocycles. The fraction of sp³-hybridized carbons (Fsp3) is 0.393. The highest BCUT2D eigenvalue weighted by molar-refractivity contribution is 6.36. The van der Waals surface area contributed by atoms with Crippen molar-refractivity contribution in [3.8, 4) is 0 Å².